The van der Waals surface area contributed by atoms with Gasteiger partial charge in [0.25, 0.3) is 5.91 Å². The van der Waals surface area contributed by atoms with Crippen molar-refractivity contribution in [3.05, 3.63) is 89.7 Å². The highest BCUT2D eigenvalue weighted by molar-refractivity contribution is 6.04. The predicted octanol–water partition coefficient (Wildman–Crippen LogP) is 5.84. The van der Waals surface area contributed by atoms with E-state index in [2.05, 4.69) is 20.5 Å². The number of pyridine rings is 1. The maximum atomic E-state index is 12.9. The van der Waals surface area contributed by atoms with Crippen molar-refractivity contribution < 1.29 is 22.7 Å². The molecule has 0 aliphatic carbocycles. The lowest BCUT2D eigenvalue weighted by molar-refractivity contribution is -0.137. The van der Waals surface area contributed by atoms with Crippen molar-refractivity contribution in [1.29, 1.82) is 0 Å². The molecule has 0 atom stereocenters. The van der Waals surface area contributed by atoms with E-state index in [1.165, 1.54) is 18.2 Å². The Morgan fingerprint density at radius 3 is 2.62 bits per heavy atom. The Kier molecular flexibility index (Phi) is 5.63. The molecule has 4 aromatic rings. The number of aryl methyl sites for hydroxylation is 1. The van der Waals surface area contributed by atoms with Crippen LogP contribution in [0.5, 0.6) is 11.6 Å². The van der Waals surface area contributed by atoms with E-state index in [-0.39, 0.29) is 11.3 Å². The number of nitrogens with zero attached hydrogens (tertiary/aromatic N) is 2. The van der Waals surface area contributed by atoms with Gasteiger partial charge in [-0.25, -0.2) is 4.98 Å². The van der Waals surface area contributed by atoms with Crippen LogP contribution in [0, 0.1) is 6.92 Å². The van der Waals surface area contributed by atoms with Crippen LogP contribution in [0.15, 0.2) is 73.1 Å². The van der Waals surface area contributed by atoms with Crippen LogP contribution in [0.4, 0.5) is 18.9 Å². The molecule has 0 fully saturated rings. The third-order valence-electron chi connectivity index (χ3n) is 4.67. The van der Waals surface area contributed by atoms with Crippen molar-refractivity contribution in [3.63, 3.8) is 0 Å². The number of aromatic amines is 1. The monoisotopic (exact) mass is 438 g/mol. The number of amides is 1. The molecule has 0 aliphatic rings. The first kappa shape index (κ1) is 21.1. The summed E-state index contributed by atoms with van der Waals surface area (Å²) >= 11 is 0. The topological polar surface area (TPSA) is 79.9 Å². The first-order chi connectivity index (χ1) is 15.3. The number of alkyl halides is 3. The van der Waals surface area contributed by atoms with E-state index < -0.39 is 17.6 Å². The number of anilines is 1. The van der Waals surface area contributed by atoms with E-state index in [1.54, 1.807) is 36.7 Å². The summed E-state index contributed by atoms with van der Waals surface area (Å²) in [6.07, 6.45) is -1.31. The molecular weight excluding hydrogens is 421 g/mol. The Morgan fingerprint density at radius 2 is 1.88 bits per heavy atom. The number of aromatic nitrogens is 3. The van der Waals surface area contributed by atoms with Gasteiger partial charge in [-0.05, 0) is 61.0 Å². The Bertz CT molecular complexity index is 1250. The SMILES string of the molecule is Cc1ccc(C(=O)Nc2cccc(C(F)(F)F)c2)cc1Oc1ncccc1-c1ccn[nH]1. The molecular formula is C23H17F3N4O2. The fourth-order valence-corrected chi connectivity index (χ4v) is 3.01. The van der Waals surface area contributed by atoms with Gasteiger partial charge in [0.05, 0.1) is 16.8 Å². The summed E-state index contributed by atoms with van der Waals surface area (Å²) < 4.78 is 44.8. The minimum absolute atomic E-state index is 0.0409. The van der Waals surface area contributed by atoms with Gasteiger partial charge in [0.15, 0.2) is 0 Å². The molecule has 2 aromatic heterocycles. The van der Waals surface area contributed by atoms with E-state index in [0.29, 0.717) is 22.9 Å². The standard InChI is InChI=1S/C23H17F3N4O2/c1-14-7-8-15(21(31)29-17-5-2-4-16(13-17)23(24,25)26)12-20(14)32-22-18(6-3-10-27-22)19-9-11-28-30-19/h2-13H,1H3,(H,28,30)(H,29,31). The largest absolute Gasteiger partial charge is 0.438 e. The van der Waals surface area contributed by atoms with E-state index in [4.69, 9.17) is 4.74 Å². The summed E-state index contributed by atoms with van der Waals surface area (Å²) in [5, 5.41) is 9.27. The number of rotatable bonds is 5. The van der Waals surface area contributed by atoms with Crippen molar-refractivity contribution in [2.45, 2.75) is 13.1 Å². The van der Waals surface area contributed by atoms with Gasteiger partial charge in [0.2, 0.25) is 5.88 Å². The van der Waals surface area contributed by atoms with Gasteiger partial charge in [0, 0.05) is 23.6 Å². The Morgan fingerprint density at radius 1 is 1.03 bits per heavy atom. The molecule has 0 aliphatic heterocycles. The summed E-state index contributed by atoms with van der Waals surface area (Å²) in [5.74, 6) is 0.139. The van der Waals surface area contributed by atoms with Gasteiger partial charge in [0.1, 0.15) is 5.75 Å². The number of carbonyl (C=O) groups excluding carboxylic acids is 1. The van der Waals surface area contributed by atoms with Gasteiger partial charge < -0.3 is 10.1 Å². The molecule has 2 heterocycles. The second-order valence-electron chi connectivity index (χ2n) is 6.94. The van der Waals surface area contributed by atoms with Gasteiger partial charge in [-0.3, -0.25) is 9.89 Å². The van der Waals surface area contributed by atoms with Crippen LogP contribution in [0.3, 0.4) is 0 Å². The zero-order valence-corrected chi connectivity index (χ0v) is 16.8. The minimum atomic E-state index is -4.50. The molecule has 0 saturated carbocycles. The van der Waals surface area contributed by atoms with Gasteiger partial charge in [-0.15, -0.1) is 0 Å². The summed E-state index contributed by atoms with van der Waals surface area (Å²) in [5.41, 5.74) is 1.57. The predicted molar refractivity (Wildman–Crippen MR) is 112 cm³/mol. The molecule has 4 rings (SSSR count). The van der Waals surface area contributed by atoms with Crippen LogP contribution in [0.25, 0.3) is 11.3 Å². The van der Waals surface area contributed by atoms with Crippen LogP contribution in [-0.4, -0.2) is 21.1 Å². The van der Waals surface area contributed by atoms with Crippen molar-refractivity contribution >= 4 is 11.6 Å². The van der Waals surface area contributed by atoms with Crippen LogP contribution >= 0.6 is 0 Å². The molecule has 0 bridgehead atoms. The zero-order chi connectivity index (χ0) is 22.7. The lowest BCUT2D eigenvalue weighted by Crippen LogP contribution is -2.13. The number of carbonyl (C=O) groups is 1. The van der Waals surface area contributed by atoms with Crippen LogP contribution in [-0.2, 0) is 6.18 Å². The molecule has 0 spiro atoms. The number of nitrogens with one attached hydrogen (secondary N) is 2. The lowest BCUT2D eigenvalue weighted by Gasteiger charge is -2.13. The van der Waals surface area contributed by atoms with Crippen LogP contribution < -0.4 is 10.1 Å². The van der Waals surface area contributed by atoms with Crippen molar-refractivity contribution in [2.24, 2.45) is 0 Å². The fourth-order valence-electron chi connectivity index (χ4n) is 3.01. The molecule has 0 unspecified atom stereocenters. The normalized spacial score (nSPS) is 11.2. The first-order valence-corrected chi connectivity index (χ1v) is 9.53. The van der Waals surface area contributed by atoms with Gasteiger partial charge in [-0.1, -0.05) is 12.1 Å². The average Bonchev–Trinajstić information content (AvgIpc) is 3.30. The van der Waals surface area contributed by atoms with Gasteiger partial charge in [-0.2, -0.15) is 18.3 Å². The van der Waals surface area contributed by atoms with E-state index >= 15 is 0 Å². The second-order valence-corrected chi connectivity index (χ2v) is 6.94. The highest BCUT2D eigenvalue weighted by Gasteiger charge is 2.30. The highest BCUT2D eigenvalue weighted by Crippen LogP contribution is 2.33. The first-order valence-electron chi connectivity index (χ1n) is 9.53. The van der Waals surface area contributed by atoms with E-state index in [1.807, 2.05) is 13.0 Å². The summed E-state index contributed by atoms with van der Waals surface area (Å²) in [6, 6.07) is 14.6. The van der Waals surface area contributed by atoms with Crippen molar-refractivity contribution in [2.75, 3.05) is 5.32 Å². The minimum Gasteiger partial charge on any atom is -0.438 e. The maximum absolute atomic E-state index is 12.9. The maximum Gasteiger partial charge on any atom is 0.416 e. The van der Waals surface area contributed by atoms with E-state index in [9.17, 15) is 18.0 Å². The Hall–Kier alpha value is -4.14. The second kappa shape index (κ2) is 8.54. The van der Waals surface area contributed by atoms with Crippen LogP contribution in [0.1, 0.15) is 21.5 Å². The van der Waals surface area contributed by atoms with Crippen molar-refractivity contribution in [3.8, 4) is 22.9 Å². The fraction of sp³-hybridized carbons (Fsp3) is 0.0870. The summed E-state index contributed by atoms with van der Waals surface area (Å²) in [6.45, 7) is 1.81. The molecule has 32 heavy (non-hydrogen) atoms. The Balaban J connectivity index is 1.58. The number of ether oxygens (including phenoxy) is 1. The molecule has 0 radical (unpaired) electrons. The number of halogens is 3. The number of benzene rings is 2. The smallest absolute Gasteiger partial charge is 0.416 e. The number of hydrogen-bond acceptors (Lipinski definition) is 4. The summed E-state index contributed by atoms with van der Waals surface area (Å²) in [7, 11) is 0. The number of H-pyrrole nitrogens is 1. The van der Waals surface area contributed by atoms with Gasteiger partial charge >= 0.3 is 6.18 Å². The molecule has 6 nitrogen and oxygen atoms in total. The molecule has 2 N–H and O–H groups in total. The third-order valence-corrected chi connectivity index (χ3v) is 4.67. The van der Waals surface area contributed by atoms with E-state index in [0.717, 1.165) is 17.7 Å². The van der Waals surface area contributed by atoms with Crippen LogP contribution in [0.2, 0.25) is 0 Å². The molecule has 162 valence electrons. The third kappa shape index (κ3) is 4.61. The zero-order valence-electron chi connectivity index (χ0n) is 16.8. The average molecular weight is 438 g/mol. The molecule has 9 heteroatoms. The highest BCUT2D eigenvalue weighted by atomic mass is 19.4. The molecule has 2 aromatic carbocycles. The molecule has 0 saturated heterocycles. The number of hydrogen-bond donors (Lipinski definition) is 2. The quantitative estimate of drug-likeness (QED) is 0.410. The van der Waals surface area contributed by atoms with Crippen molar-refractivity contribution in [1.82, 2.24) is 15.2 Å². The molecule has 1 amide bonds. The summed E-state index contributed by atoms with van der Waals surface area (Å²) in [4.78, 5) is 16.9. The lowest BCUT2D eigenvalue weighted by atomic mass is 10.1. The Labute approximate surface area is 181 Å².